The number of benzene rings is 1. The molecule has 1 atom stereocenters. The van der Waals surface area contributed by atoms with Gasteiger partial charge in [-0.1, -0.05) is 17.7 Å². The van der Waals surface area contributed by atoms with E-state index in [4.69, 9.17) is 16.3 Å². The third kappa shape index (κ3) is 3.05. The fraction of sp³-hybridized carbons (Fsp3) is 0.154. The normalized spacial score (nSPS) is 11.9. The molecule has 2 rings (SSSR count). The maximum Gasteiger partial charge on any atom is 0.206 e. The number of rotatable bonds is 4. The van der Waals surface area contributed by atoms with E-state index in [2.05, 4.69) is 9.97 Å². The molecule has 2 aromatic rings. The summed E-state index contributed by atoms with van der Waals surface area (Å²) >= 11 is 5.84. The van der Waals surface area contributed by atoms with Gasteiger partial charge in [-0.2, -0.15) is 0 Å². The van der Waals surface area contributed by atoms with E-state index < -0.39 is 6.10 Å². The Morgan fingerprint density at radius 2 is 2.06 bits per heavy atom. The average molecular weight is 263 g/mol. The fourth-order valence-electron chi connectivity index (χ4n) is 1.46. The Kier molecular flexibility index (Phi) is 3.89. The molecule has 0 spiro atoms. The van der Waals surface area contributed by atoms with Crippen molar-refractivity contribution in [2.24, 2.45) is 0 Å². The van der Waals surface area contributed by atoms with Gasteiger partial charge in [0.15, 0.2) is 6.10 Å². The number of ether oxygens (including phenoxy) is 1. The molecule has 5 heteroatoms. The van der Waals surface area contributed by atoms with Crippen molar-refractivity contribution < 1.29 is 9.53 Å². The minimum Gasteiger partial charge on any atom is -0.483 e. The largest absolute Gasteiger partial charge is 0.483 e. The predicted octanol–water partition coefficient (Wildman–Crippen LogP) is 2.78. The molecule has 0 amide bonds. The zero-order valence-electron chi connectivity index (χ0n) is 9.71. The van der Waals surface area contributed by atoms with Gasteiger partial charge in [-0.25, -0.2) is 9.97 Å². The SMILES string of the molecule is CC(Oc1cccc(Cl)c1)C(=O)c1cncnc1. The molecule has 0 saturated carbocycles. The van der Waals surface area contributed by atoms with E-state index in [9.17, 15) is 4.79 Å². The van der Waals surface area contributed by atoms with Gasteiger partial charge in [0.05, 0.1) is 5.56 Å². The minimum absolute atomic E-state index is 0.171. The minimum atomic E-state index is -0.616. The molecule has 92 valence electrons. The molecule has 0 aliphatic rings. The lowest BCUT2D eigenvalue weighted by atomic mass is 10.1. The molecule has 1 heterocycles. The van der Waals surface area contributed by atoms with Gasteiger partial charge in [-0.3, -0.25) is 4.79 Å². The van der Waals surface area contributed by atoms with Crippen molar-refractivity contribution in [2.75, 3.05) is 0 Å². The van der Waals surface area contributed by atoms with Crippen LogP contribution in [0.2, 0.25) is 5.02 Å². The molecule has 4 nitrogen and oxygen atoms in total. The third-order valence-electron chi connectivity index (χ3n) is 2.32. The molecular formula is C13H11ClN2O2. The van der Waals surface area contributed by atoms with E-state index in [-0.39, 0.29) is 5.78 Å². The number of carbonyl (C=O) groups excluding carboxylic acids is 1. The second-order valence-electron chi connectivity index (χ2n) is 3.71. The summed E-state index contributed by atoms with van der Waals surface area (Å²) in [5.41, 5.74) is 0.423. The fourth-order valence-corrected chi connectivity index (χ4v) is 1.64. The van der Waals surface area contributed by atoms with Crippen molar-refractivity contribution in [2.45, 2.75) is 13.0 Å². The highest BCUT2D eigenvalue weighted by atomic mass is 35.5. The monoisotopic (exact) mass is 262 g/mol. The highest BCUT2D eigenvalue weighted by Gasteiger charge is 2.17. The molecule has 0 aliphatic heterocycles. The van der Waals surface area contributed by atoms with Gasteiger partial charge in [-0.15, -0.1) is 0 Å². The highest BCUT2D eigenvalue weighted by molar-refractivity contribution is 6.30. The zero-order valence-corrected chi connectivity index (χ0v) is 10.5. The molecule has 18 heavy (non-hydrogen) atoms. The van der Waals surface area contributed by atoms with Crippen LogP contribution >= 0.6 is 11.6 Å². The van der Waals surface area contributed by atoms with Gasteiger partial charge in [0.25, 0.3) is 0 Å². The van der Waals surface area contributed by atoms with E-state index in [1.807, 2.05) is 0 Å². The second kappa shape index (κ2) is 5.60. The summed E-state index contributed by atoms with van der Waals surface area (Å²) in [5.74, 6) is 0.385. The first-order valence-electron chi connectivity index (χ1n) is 5.38. The lowest BCUT2D eigenvalue weighted by Gasteiger charge is -2.13. The van der Waals surface area contributed by atoms with E-state index in [1.165, 1.54) is 18.7 Å². The van der Waals surface area contributed by atoms with Crippen LogP contribution in [0.25, 0.3) is 0 Å². The number of hydrogen-bond donors (Lipinski definition) is 0. The van der Waals surface area contributed by atoms with Crippen molar-refractivity contribution in [3.63, 3.8) is 0 Å². The van der Waals surface area contributed by atoms with Gasteiger partial charge < -0.3 is 4.74 Å². The van der Waals surface area contributed by atoms with Crippen LogP contribution in [0.15, 0.2) is 43.0 Å². The Labute approximate surface area is 110 Å². The van der Waals surface area contributed by atoms with Crippen molar-refractivity contribution >= 4 is 17.4 Å². The number of halogens is 1. The summed E-state index contributed by atoms with van der Waals surface area (Å²) in [6.45, 7) is 1.68. The van der Waals surface area contributed by atoms with E-state index in [0.717, 1.165) is 0 Å². The molecule has 1 unspecified atom stereocenters. The number of carbonyl (C=O) groups is 1. The first kappa shape index (κ1) is 12.5. The van der Waals surface area contributed by atoms with Crippen molar-refractivity contribution in [1.29, 1.82) is 0 Å². The lowest BCUT2D eigenvalue weighted by Crippen LogP contribution is -2.24. The smallest absolute Gasteiger partial charge is 0.206 e. The zero-order chi connectivity index (χ0) is 13.0. The highest BCUT2D eigenvalue weighted by Crippen LogP contribution is 2.19. The second-order valence-corrected chi connectivity index (χ2v) is 4.15. The van der Waals surface area contributed by atoms with E-state index >= 15 is 0 Å². The predicted molar refractivity (Wildman–Crippen MR) is 67.9 cm³/mol. The van der Waals surface area contributed by atoms with Crippen LogP contribution in [0.3, 0.4) is 0 Å². The van der Waals surface area contributed by atoms with Crippen LogP contribution in [0.1, 0.15) is 17.3 Å². The van der Waals surface area contributed by atoms with E-state index in [1.54, 1.807) is 31.2 Å². The van der Waals surface area contributed by atoms with Gasteiger partial charge in [-0.05, 0) is 25.1 Å². The Bertz CT molecular complexity index is 546. The van der Waals surface area contributed by atoms with E-state index in [0.29, 0.717) is 16.3 Å². The van der Waals surface area contributed by atoms with Crippen molar-refractivity contribution in [3.8, 4) is 5.75 Å². The summed E-state index contributed by atoms with van der Waals surface area (Å²) in [6, 6.07) is 6.91. The summed E-state index contributed by atoms with van der Waals surface area (Å²) < 4.78 is 5.52. The Balaban J connectivity index is 2.09. The Hall–Kier alpha value is -1.94. The van der Waals surface area contributed by atoms with Crippen LogP contribution in [0.4, 0.5) is 0 Å². The number of nitrogens with zero attached hydrogens (tertiary/aromatic N) is 2. The van der Waals surface area contributed by atoms with Crippen LogP contribution in [-0.4, -0.2) is 21.9 Å². The molecule has 0 aliphatic carbocycles. The standard InChI is InChI=1S/C13H11ClN2O2/c1-9(13(17)10-6-15-8-16-7-10)18-12-4-2-3-11(14)5-12/h2-9H,1H3. The first-order valence-corrected chi connectivity index (χ1v) is 5.76. The summed E-state index contributed by atoms with van der Waals surface area (Å²) in [7, 11) is 0. The average Bonchev–Trinajstić information content (AvgIpc) is 2.39. The summed E-state index contributed by atoms with van der Waals surface area (Å²) in [5, 5.41) is 0.565. The Morgan fingerprint density at radius 3 is 2.72 bits per heavy atom. The topological polar surface area (TPSA) is 52.1 Å². The molecule has 0 saturated heterocycles. The number of Topliss-reactive ketones (excluding diaryl/α,β-unsaturated/α-hetero) is 1. The molecule has 0 N–H and O–H groups in total. The molecular weight excluding hydrogens is 252 g/mol. The number of hydrogen-bond acceptors (Lipinski definition) is 4. The molecule has 0 radical (unpaired) electrons. The molecule has 0 bridgehead atoms. The van der Waals surface area contributed by atoms with Crippen LogP contribution in [0.5, 0.6) is 5.75 Å². The van der Waals surface area contributed by atoms with Crippen LogP contribution in [0, 0.1) is 0 Å². The third-order valence-corrected chi connectivity index (χ3v) is 2.56. The molecule has 0 fully saturated rings. The number of aromatic nitrogens is 2. The van der Waals surface area contributed by atoms with Crippen molar-refractivity contribution in [1.82, 2.24) is 9.97 Å². The summed E-state index contributed by atoms with van der Waals surface area (Å²) in [6.07, 6.45) is 3.69. The van der Waals surface area contributed by atoms with Crippen LogP contribution in [-0.2, 0) is 0 Å². The number of ketones is 1. The first-order chi connectivity index (χ1) is 8.66. The van der Waals surface area contributed by atoms with Gasteiger partial charge in [0.1, 0.15) is 12.1 Å². The summed E-state index contributed by atoms with van der Waals surface area (Å²) in [4.78, 5) is 19.6. The van der Waals surface area contributed by atoms with Gasteiger partial charge in [0.2, 0.25) is 5.78 Å². The maximum atomic E-state index is 12.0. The Morgan fingerprint density at radius 1 is 1.33 bits per heavy atom. The lowest BCUT2D eigenvalue weighted by molar-refractivity contribution is 0.0817. The van der Waals surface area contributed by atoms with Crippen molar-refractivity contribution in [3.05, 3.63) is 53.6 Å². The molecule has 1 aromatic carbocycles. The van der Waals surface area contributed by atoms with Crippen LogP contribution < -0.4 is 4.74 Å². The quantitative estimate of drug-likeness (QED) is 0.795. The maximum absolute atomic E-state index is 12.0. The van der Waals surface area contributed by atoms with Gasteiger partial charge >= 0.3 is 0 Å². The molecule has 1 aromatic heterocycles. The van der Waals surface area contributed by atoms with Gasteiger partial charge in [0, 0.05) is 17.4 Å².